The van der Waals surface area contributed by atoms with Crippen LogP contribution < -0.4 is 11.2 Å². The molecule has 31 heavy (non-hydrogen) atoms. The lowest BCUT2D eigenvalue weighted by atomic mass is 9.96. The highest BCUT2D eigenvalue weighted by atomic mass is 32.2. The zero-order valence-electron chi connectivity index (χ0n) is 18.3. The predicted molar refractivity (Wildman–Crippen MR) is 123 cm³/mol. The van der Waals surface area contributed by atoms with E-state index in [-0.39, 0.29) is 22.5 Å². The van der Waals surface area contributed by atoms with E-state index >= 15 is 0 Å². The summed E-state index contributed by atoms with van der Waals surface area (Å²) < 4.78 is 2.42. The topological polar surface area (TPSA) is 90.1 Å². The van der Waals surface area contributed by atoms with Gasteiger partial charge >= 0.3 is 5.69 Å². The molecule has 0 saturated heterocycles. The number of rotatable bonds is 3. The molecule has 0 unspecified atom stereocenters. The summed E-state index contributed by atoms with van der Waals surface area (Å²) in [5.41, 5.74) is 0.231. The third-order valence-corrected chi connectivity index (χ3v) is 7.41. The molecular weight excluding hydrogens is 434 g/mol. The number of hydrogen-bond donors (Lipinski definition) is 0. The van der Waals surface area contributed by atoms with Crippen molar-refractivity contribution in [3.63, 3.8) is 0 Å². The summed E-state index contributed by atoms with van der Waals surface area (Å²) in [6, 6.07) is 2.07. The van der Waals surface area contributed by atoms with E-state index in [0.29, 0.717) is 29.6 Å². The maximum atomic E-state index is 12.9. The van der Waals surface area contributed by atoms with Gasteiger partial charge in [-0.3, -0.25) is 18.7 Å². The van der Waals surface area contributed by atoms with E-state index in [4.69, 9.17) is 0 Å². The van der Waals surface area contributed by atoms with Gasteiger partial charge in [0.1, 0.15) is 16.2 Å². The molecule has 1 aliphatic rings. The van der Waals surface area contributed by atoms with Crippen LogP contribution in [0.15, 0.2) is 26.1 Å². The molecule has 0 aromatic carbocycles. The Labute approximate surface area is 187 Å². The fourth-order valence-corrected chi connectivity index (χ4v) is 5.36. The van der Waals surface area contributed by atoms with Crippen LogP contribution in [0.5, 0.6) is 0 Å². The third kappa shape index (κ3) is 3.94. The highest BCUT2D eigenvalue weighted by Crippen LogP contribution is 2.28. The number of amides is 1. The molecule has 0 radical (unpaired) electrons. The summed E-state index contributed by atoms with van der Waals surface area (Å²) in [4.78, 5) is 50.6. The maximum Gasteiger partial charge on any atom is 0.332 e. The molecule has 164 valence electrons. The van der Waals surface area contributed by atoms with Crippen LogP contribution in [0.3, 0.4) is 0 Å². The number of thioether (sulfide) groups is 1. The molecule has 1 aliphatic heterocycles. The normalized spacial score (nSPS) is 14.2. The highest BCUT2D eigenvalue weighted by Gasteiger charge is 2.26. The van der Waals surface area contributed by atoms with E-state index in [9.17, 15) is 14.4 Å². The maximum absolute atomic E-state index is 12.9. The van der Waals surface area contributed by atoms with Crippen LogP contribution in [0, 0.1) is 0 Å². The summed E-state index contributed by atoms with van der Waals surface area (Å²) in [6.45, 7) is 7.23. The van der Waals surface area contributed by atoms with Crippen LogP contribution >= 0.6 is 23.1 Å². The molecule has 1 amide bonds. The summed E-state index contributed by atoms with van der Waals surface area (Å²) in [5, 5.41) is 2.77. The molecule has 4 heterocycles. The van der Waals surface area contributed by atoms with Gasteiger partial charge in [-0.2, -0.15) is 0 Å². The molecule has 0 saturated carbocycles. The Balaban J connectivity index is 1.70. The van der Waals surface area contributed by atoms with E-state index in [1.54, 1.807) is 18.4 Å². The smallest absolute Gasteiger partial charge is 0.332 e. The van der Waals surface area contributed by atoms with Crippen molar-refractivity contribution in [3.05, 3.63) is 48.5 Å². The number of thiophene rings is 1. The lowest BCUT2D eigenvalue weighted by Crippen LogP contribution is -2.38. The SMILES string of the molecule is Cn1c(=O)c2c(SCC(=O)N3CCc4sccc4C3)nc(C(C)(C)C)nc2n(C)c1=O. The first-order chi connectivity index (χ1) is 14.6. The Kier molecular flexibility index (Phi) is 5.55. The van der Waals surface area contributed by atoms with E-state index in [1.165, 1.54) is 33.8 Å². The van der Waals surface area contributed by atoms with Gasteiger partial charge in [0.25, 0.3) is 5.56 Å². The molecule has 8 nitrogen and oxygen atoms in total. The first-order valence-corrected chi connectivity index (χ1v) is 11.9. The summed E-state index contributed by atoms with van der Waals surface area (Å²) >= 11 is 2.97. The van der Waals surface area contributed by atoms with E-state index < -0.39 is 11.2 Å². The summed E-state index contributed by atoms with van der Waals surface area (Å²) in [5.74, 6) is 0.702. The summed E-state index contributed by atoms with van der Waals surface area (Å²) in [7, 11) is 3.03. The van der Waals surface area contributed by atoms with Gasteiger partial charge in [0.15, 0.2) is 5.65 Å². The van der Waals surface area contributed by atoms with Crippen molar-refractivity contribution in [2.45, 2.75) is 44.2 Å². The standard InChI is InChI=1S/C21H25N5O3S2/c1-21(2,3)19-22-16-15(18(28)25(5)20(29)24(16)4)17(23-19)31-11-14(27)26-8-6-13-12(10-26)7-9-30-13/h7,9H,6,8,10-11H2,1-5H3. The number of carbonyl (C=O) groups is 1. The number of aromatic nitrogens is 4. The molecule has 3 aromatic heterocycles. The highest BCUT2D eigenvalue weighted by molar-refractivity contribution is 8.00. The molecule has 0 spiro atoms. The molecule has 0 aliphatic carbocycles. The van der Waals surface area contributed by atoms with Crippen molar-refractivity contribution in [2.24, 2.45) is 14.1 Å². The Bertz CT molecular complexity index is 1300. The van der Waals surface area contributed by atoms with Crippen molar-refractivity contribution in [1.29, 1.82) is 0 Å². The number of nitrogens with zero attached hydrogens (tertiary/aromatic N) is 5. The van der Waals surface area contributed by atoms with Crippen LogP contribution in [0.2, 0.25) is 0 Å². The minimum absolute atomic E-state index is 0.00700. The van der Waals surface area contributed by atoms with Gasteiger partial charge in [0.2, 0.25) is 5.91 Å². The third-order valence-electron chi connectivity index (χ3n) is 5.43. The minimum Gasteiger partial charge on any atom is -0.337 e. The molecule has 0 bridgehead atoms. The lowest BCUT2D eigenvalue weighted by Gasteiger charge is -2.27. The van der Waals surface area contributed by atoms with Gasteiger partial charge in [-0.05, 0) is 23.4 Å². The summed E-state index contributed by atoms with van der Waals surface area (Å²) in [6.07, 6.45) is 0.872. The van der Waals surface area contributed by atoms with Gasteiger partial charge in [0.05, 0.1) is 5.75 Å². The molecule has 3 aromatic rings. The fraction of sp³-hybridized carbons (Fsp3) is 0.476. The van der Waals surface area contributed by atoms with Gasteiger partial charge in [-0.15, -0.1) is 11.3 Å². The van der Waals surface area contributed by atoms with Crippen LogP contribution in [-0.2, 0) is 37.3 Å². The monoisotopic (exact) mass is 459 g/mol. The Hall–Kier alpha value is -2.46. The van der Waals surface area contributed by atoms with E-state index in [2.05, 4.69) is 21.4 Å². The molecule has 0 N–H and O–H groups in total. The quantitative estimate of drug-likeness (QED) is 0.440. The van der Waals surface area contributed by atoms with Gasteiger partial charge in [0, 0.05) is 37.5 Å². The first-order valence-electron chi connectivity index (χ1n) is 10.0. The second-order valence-corrected chi connectivity index (χ2v) is 10.7. The fourth-order valence-electron chi connectivity index (χ4n) is 3.55. The van der Waals surface area contributed by atoms with Crippen molar-refractivity contribution >= 4 is 40.0 Å². The van der Waals surface area contributed by atoms with Gasteiger partial charge < -0.3 is 4.90 Å². The second kappa shape index (κ2) is 7.90. The second-order valence-electron chi connectivity index (χ2n) is 8.73. The van der Waals surface area contributed by atoms with Crippen LogP contribution in [0.1, 0.15) is 37.0 Å². The first kappa shape index (κ1) is 21.8. The molecule has 10 heteroatoms. The van der Waals surface area contributed by atoms with E-state index in [1.807, 2.05) is 25.7 Å². The largest absolute Gasteiger partial charge is 0.337 e. The average Bonchev–Trinajstić information content (AvgIpc) is 3.21. The zero-order valence-corrected chi connectivity index (χ0v) is 19.9. The Morgan fingerprint density at radius 2 is 1.94 bits per heavy atom. The van der Waals surface area contributed by atoms with Gasteiger partial charge in [-0.1, -0.05) is 32.5 Å². The number of carbonyl (C=O) groups excluding carboxylic acids is 1. The zero-order chi connectivity index (χ0) is 22.5. The Morgan fingerprint density at radius 3 is 2.65 bits per heavy atom. The number of fused-ring (bicyclic) bond motifs is 2. The molecular formula is C21H25N5O3S2. The van der Waals surface area contributed by atoms with Crippen molar-refractivity contribution in [3.8, 4) is 0 Å². The molecule has 0 atom stereocenters. The average molecular weight is 460 g/mol. The number of hydrogen-bond acceptors (Lipinski definition) is 7. The molecule has 0 fully saturated rings. The van der Waals surface area contributed by atoms with Crippen LogP contribution in [-0.4, -0.2) is 42.2 Å². The van der Waals surface area contributed by atoms with Crippen LogP contribution in [0.25, 0.3) is 11.0 Å². The van der Waals surface area contributed by atoms with Crippen LogP contribution in [0.4, 0.5) is 0 Å². The minimum atomic E-state index is -0.450. The lowest BCUT2D eigenvalue weighted by molar-refractivity contribution is -0.129. The van der Waals surface area contributed by atoms with Gasteiger partial charge in [-0.25, -0.2) is 14.8 Å². The predicted octanol–water partition coefficient (Wildman–Crippen LogP) is 2.06. The van der Waals surface area contributed by atoms with Crippen molar-refractivity contribution in [2.75, 3.05) is 12.3 Å². The number of aryl methyl sites for hydroxylation is 1. The van der Waals surface area contributed by atoms with E-state index in [0.717, 1.165) is 11.0 Å². The van der Waals surface area contributed by atoms with Crippen molar-refractivity contribution < 1.29 is 4.79 Å². The van der Waals surface area contributed by atoms with Crippen molar-refractivity contribution in [1.82, 2.24) is 24.0 Å². The Morgan fingerprint density at radius 1 is 1.19 bits per heavy atom. The molecule has 4 rings (SSSR count).